The van der Waals surface area contributed by atoms with Crippen molar-refractivity contribution < 1.29 is 38.2 Å². The number of hydrogen-bond acceptors (Lipinski definition) is 9. The number of nitrogens with zero attached hydrogens (tertiary/aromatic N) is 2. The number of esters is 1. The number of carbonyl (C=O) groups is 5. The van der Waals surface area contributed by atoms with Crippen LogP contribution in [0.15, 0.2) is 0 Å². The van der Waals surface area contributed by atoms with Gasteiger partial charge in [0.2, 0.25) is 11.8 Å². The fourth-order valence-electron chi connectivity index (χ4n) is 5.67. The van der Waals surface area contributed by atoms with Crippen molar-refractivity contribution in [2.45, 2.75) is 117 Å². The topological polar surface area (TPSA) is 170 Å². The lowest BCUT2D eigenvalue weighted by atomic mass is 9.84. The Bertz CT molecular complexity index is 963. The number of rotatable bonds is 13. The van der Waals surface area contributed by atoms with Gasteiger partial charge < -0.3 is 40.4 Å². The van der Waals surface area contributed by atoms with E-state index in [0.29, 0.717) is 50.9 Å². The Labute approximate surface area is 287 Å². The highest BCUT2D eigenvalue weighted by Crippen LogP contribution is 2.30. The van der Waals surface area contributed by atoms with Gasteiger partial charge in [0.1, 0.15) is 17.2 Å². The van der Waals surface area contributed by atoms with E-state index in [2.05, 4.69) is 10.6 Å². The van der Waals surface area contributed by atoms with E-state index in [9.17, 15) is 24.0 Å². The molecule has 2 heterocycles. The standard InChI is InChI=1S/C33H59N5O8.ClH/c1-8-44-29(41)26(34)21-35-27(39)22-36-28(40)25(11-9-23-13-17-37(18-14-23)30(42)45-32(2,3)4)12-10-24-15-19-38(20-16-24)31(43)46-33(5,6)7;/h23-26H,8-22,34H2,1-7H3,(H,35,39)(H,36,40);1H/t26-;/m0./s1. The van der Waals surface area contributed by atoms with Crippen LogP contribution in [-0.4, -0.2) is 103 Å². The van der Waals surface area contributed by atoms with Crippen molar-refractivity contribution in [3.05, 3.63) is 0 Å². The minimum atomic E-state index is -0.976. The van der Waals surface area contributed by atoms with Crippen LogP contribution in [0.2, 0.25) is 0 Å². The second kappa shape index (κ2) is 19.9. The number of likely N-dealkylation sites (tertiary alicyclic amines) is 2. The van der Waals surface area contributed by atoms with E-state index in [1.807, 2.05) is 41.5 Å². The van der Waals surface area contributed by atoms with Gasteiger partial charge >= 0.3 is 18.2 Å². The van der Waals surface area contributed by atoms with Gasteiger partial charge in [-0.2, -0.15) is 0 Å². The van der Waals surface area contributed by atoms with Crippen LogP contribution in [0.1, 0.15) is 99.8 Å². The quantitative estimate of drug-likeness (QED) is 0.191. The van der Waals surface area contributed by atoms with Gasteiger partial charge in [-0.15, -0.1) is 12.4 Å². The summed E-state index contributed by atoms with van der Waals surface area (Å²) < 4.78 is 15.9. The normalized spacial score (nSPS) is 17.0. The summed E-state index contributed by atoms with van der Waals surface area (Å²) in [5, 5.41) is 5.35. The number of amides is 4. The van der Waals surface area contributed by atoms with Gasteiger partial charge in [0.25, 0.3) is 0 Å². The third kappa shape index (κ3) is 16.7. The van der Waals surface area contributed by atoms with Gasteiger partial charge in [0, 0.05) is 38.6 Å². The molecule has 1 atom stereocenters. The minimum Gasteiger partial charge on any atom is -0.465 e. The summed E-state index contributed by atoms with van der Waals surface area (Å²) in [6.07, 6.45) is 5.85. The molecule has 2 saturated heterocycles. The molecule has 2 fully saturated rings. The maximum atomic E-state index is 13.3. The van der Waals surface area contributed by atoms with E-state index < -0.39 is 29.1 Å². The number of piperidine rings is 2. The summed E-state index contributed by atoms with van der Waals surface area (Å²) in [6.45, 7) is 15.2. The van der Waals surface area contributed by atoms with Gasteiger partial charge in [-0.25, -0.2) is 9.59 Å². The monoisotopic (exact) mass is 689 g/mol. The summed E-state index contributed by atoms with van der Waals surface area (Å²) in [7, 11) is 0. The van der Waals surface area contributed by atoms with Crippen LogP contribution < -0.4 is 16.4 Å². The zero-order chi connectivity index (χ0) is 34.5. The van der Waals surface area contributed by atoms with E-state index in [0.717, 1.165) is 38.5 Å². The number of halogens is 1. The largest absolute Gasteiger partial charge is 0.465 e. The molecule has 47 heavy (non-hydrogen) atoms. The Morgan fingerprint density at radius 1 is 0.766 bits per heavy atom. The van der Waals surface area contributed by atoms with Gasteiger partial charge in [-0.3, -0.25) is 14.4 Å². The molecule has 0 aromatic carbocycles. The fourth-order valence-corrected chi connectivity index (χ4v) is 5.67. The lowest BCUT2D eigenvalue weighted by Gasteiger charge is -2.34. The molecule has 0 saturated carbocycles. The van der Waals surface area contributed by atoms with E-state index in [-0.39, 0.29) is 56.1 Å². The average Bonchev–Trinajstić information content (AvgIpc) is 2.97. The maximum Gasteiger partial charge on any atom is 0.410 e. The van der Waals surface area contributed by atoms with Crippen molar-refractivity contribution in [2.75, 3.05) is 45.9 Å². The lowest BCUT2D eigenvalue weighted by molar-refractivity contribution is -0.144. The van der Waals surface area contributed by atoms with Crippen molar-refractivity contribution in [1.29, 1.82) is 0 Å². The van der Waals surface area contributed by atoms with Crippen molar-refractivity contribution in [1.82, 2.24) is 20.4 Å². The van der Waals surface area contributed by atoms with Crippen molar-refractivity contribution >= 4 is 42.4 Å². The van der Waals surface area contributed by atoms with Crippen LogP contribution in [0.3, 0.4) is 0 Å². The SMILES string of the molecule is CCOC(=O)[C@@H](N)CNC(=O)CNC(=O)C(CCC1CCN(C(=O)OC(C)(C)C)CC1)CCC1CCN(C(=O)OC(C)(C)C)CC1.Cl. The first-order valence-electron chi connectivity index (χ1n) is 16.9. The predicted molar refractivity (Wildman–Crippen MR) is 181 cm³/mol. The molecule has 0 aromatic rings. The number of nitrogens with one attached hydrogen (secondary N) is 2. The third-order valence-corrected chi connectivity index (χ3v) is 8.28. The highest BCUT2D eigenvalue weighted by molar-refractivity contribution is 5.86. The molecule has 4 N–H and O–H groups in total. The fraction of sp³-hybridized carbons (Fsp3) is 0.848. The molecule has 4 amide bonds. The van der Waals surface area contributed by atoms with Crippen molar-refractivity contribution in [2.24, 2.45) is 23.5 Å². The molecular formula is C33H60ClN5O8. The first-order chi connectivity index (χ1) is 21.5. The molecular weight excluding hydrogens is 630 g/mol. The van der Waals surface area contributed by atoms with Crippen LogP contribution in [0, 0.1) is 17.8 Å². The first kappa shape index (κ1) is 42.2. The van der Waals surface area contributed by atoms with Gasteiger partial charge in [0.15, 0.2) is 0 Å². The van der Waals surface area contributed by atoms with Crippen molar-refractivity contribution in [3.8, 4) is 0 Å². The number of hydrogen-bond donors (Lipinski definition) is 3. The Balaban J connectivity index is 0.0000110. The second-order valence-electron chi connectivity index (χ2n) is 14.6. The molecule has 0 spiro atoms. The third-order valence-electron chi connectivity index (χ3n) is 8.28. The molecule has 0 aliphatic carbocycles. The van der Waals surface area contributed by atoms with E-state index in [4.69, 9.17) is 19.9 Å². The maximum absolute atomic E-state index is 13.3. The Hall–Kier alpha value is -2.80. The average molecular weight is 690 g/mol. The summed E-state index contributed by atoms with van der Waals surface area (Å²) in [5.74, 6) is -0.710. The molecule has 0 unspecified atom stereocenters. The molecule has 0 aromatic heterocycles. The summed E-state index contributed by atoms with van der Waals surface area (Å²) >= 11 is 0. The molecule has 272 valence electrons. The van der Waals surface area contributed by atoms with E-state index in [1.54, 1.807) is 16.7 Å². The Morgan fingerprint density at radius 3 is 1.57 bits per heavy atom. The summed E-state index contributed by atoms with van der Waals surface area (Å²) in [6, 6.07) is -0.976. The first-order valence-corrected chi connectivity index (χ1v) is 16.9. The molecule has 2 aliphatic heterocycles. The Kier molecular flexibility index (Phi) is 17.9. The molecule has 0 bridgehead atoms. The lowest BCUT2D eigenvalue weighted by Crippen LogP contribution is -2.46. The predicted octanol–water partition coefficient (Wildman–Crippen LogP) is 4.00. The van der Waals surface area contributed by atoms with Crippen LogP contribution >= 0.6 is 12.4 Å². The molecule has 2 aliphatic rings. The van der Waals surface area contributed by atoms with E-state index >= 15 is 0 Å². The summed E-state index contributed by atoms with van der Waals surface area (Å²) in [4.78, 5) is 65.9. The van der Waals surface area contributed by atoms with Crippen LogP contribution in [-0.2, 0) is 28.6 Å². The van der Waals surface area contributed by atoms with E-state index in [1.165, 1.54) is 0 Å². The zero-order valence-electron chi connectivity index (χ0n) is 29.6. The molecule has 13 nitrogen and oxygen atoms in total. The van der Waals surface area contributed by atoms with Crippen molar-refractivity contribution in [3.63, 3.8) is 0 Å². The zero-order valence-corrected chi connectivity index (χ0v) is 30.4. The highest BCUT2D eigenvalue weighted by atomic mass is 35.5. The minimum absolute atomic E-state index is 0. The van der Waals surface area contributed by atoms with Crippen LogP contribution in [0.4, 0.5) is 9.59 Å². The smallest absolute Gasteiger partial charge is 0.410 e. The molecule has 0 radical (unpaired) electrons. The molecule has 14 heteroatoms. The van der Waals surface area contributed by atoms with Gasteiger partial charge in [0.05, 0.1) is 13.2 Å². The number of nitrogens with two attached hydrogens (primary N) is 1. The number of ether oxygens (including phenoxy) is 3. The molecule has 2 rings (SSSR count). The van der Waals surface area contributed by atoms with Gasteiger partial charge in [-0.05, 0) is 112 Å². The second-order valence-corrected chi connectivity index (χ2v) is 14.6. The highest BCUT2D eigenvalue weighted by Gasteiger charge is 2.30. The number of carbonyl (C=O) groups excluding carboxylic acids is 5. The van der Waals surface area contributed by atoms with Gasteiger partial charge in [-0.1, -0.05) is 0 Å². The summed E-state index contributed by atoms with van der Waals surface area (Å²) in [5.41, 5.74) is 4.67. The Morgan fingerprint density at radius 2 is 1.19 bits per heavy atom. The van der Waals surface area contributed by atoms with Crippen LogP contribution in [0.25, 0.3) is 0 Å². The van der Waals surface area contributed by atoms with Crippen LogP contribution in [0.5, 0.6) is 0 Å².